The molecular formula is C9H18N2O. The monoisotopic (exact) mass is 170 g/mol. The molecule has 2 unspecified atom stereocenters. The number of hydrogen-bond acceptors (Lipinski definition) is 3. The smallest absolute Gasteiger partial charge is 0.0638 e. The molecule has 0 aliphatic heterocycles. The van der Waals surface area contributed by atoms with Gasteiger partial charge in [0.05, 0.1) is 12.5 Å². The van der Waals surface area contributed by atoms with Crippen LogP contribution in [0.15, 0.2) is 0 Å². The van der Waals surface area contributed by atoms with Gasteiger partial charge in [0.2, 0.25) is 0 Å². The summed E-state index contributed by atoms with van der Waals surface area (Å²) in [4.78, 5) is 0. The van der Waals surface area contributed by atoms with Crippen LogP contribution in [-0.4, -0.2) is 26.3 Å². The van der Waals surface area contributed by atoms with Crippen molar-refractivity contribution in [2.75, 3.05) is 20.3 Å². The fourth-order valence-corrected chi connectivity index (χ4v) is 0.955. The van der Waals surface area contributed by atoms with Crippen molar-refractivity contribution in [3.63, 3.8) is 0 Å². The van der Waals surface area contributed by atoms with Crippen LogP contribution in [0.4, 0.5) is 0 Å². The molecule has 0 heterocycles. The SMILES string of the molecule is COCC(C)CNC(C)CC#N. The third kappa shape index (κ3) is 6.14. The molecule has 0 aromatic heterocycles. The van der Waals surface area contributed by atoms with Crippen molar-refractivity contribution in [1.82, 2.24) is 5.32 Å². The maximum atomic E-state index is 8.39. The molecule has 70 valence electrons. The highest BCUT2D eigenvalue weighted by molar-refractivity contribution is 4.77. The van der Waals surface area contributed by atoms with Gasteiger partial charge in [0.25, 0.3) is 0 Å². The maximum Gasteiger partial charge on any atom is 0.0638 e. The largest absolute Gasteiger partial charge is 0.384 e. The number of nitrogens with one attached hydrogen (secondary N) is 1. The molecule has 2 atom stereocenters. The summed E-state index contributed by atoms with van der Waals surface area (Å²) in [6.07, 6.45) is 0.569. The zero-order valence-electron chi connectivity index (χ0n) is 8.13. The molecular weight excluding hydrogens is 152 g/mol. The Morgan fingerprint density at radius 2 is 2.17 bits per heavy atom. The molecule has 0 aromatic rings. The summed E-state index contributed by atoms with van der Waals surface area (Å²) in [5.41, 5.74) is 0. The minimum Gasteiger partial charge on any atom is -0.384 e. The molecule has 0 rings (SSSR count). The summed E-state index contributed by atoms with van der Waals surface area (Å²) < 4.78 is 4.99. The van der Waals surface area contributed by atoms with Crippen molar-refractivity contribution in [1.29, 1.82) is 5.26 Å². The first-order valence-corrected chi connectivity index (χ1v) is 4.30. The highest BCUT2D eigenvalue weighted by atomic mass is 16.5. The lowest BCUT2D eigenvalue weighted by Crippen LogP contribution is -2.31. The number of ether oxygens (including phenoxy) is 1. The molecule has 0 saturated carbocycles. The van der Waals surface area contributed by atoms with E-state index in [9.17, 15) is 0 Å². The second-order valence-electron chi connectivity index (χ2n) is 3.23. The Hall–Kier alpha value is -0.590. The van der Waals surface area contributed by atoms with E-state index in [1.807, 2.05) is 6.92 Å². The fourth-order valence-electron chi connectivity index (χ4n) is 0.955. The third-order valence-electron chi connectivity index (χ3n) is 1.66. The molecule has 12 heavy (non-hydrogen) atoms. The van der Waals surface area contributed by atoms with Gasteiger partial charge in [-0.1, -0.05) is 6.92 Å². The molecule has 3 heteroatoms. The molecule has 3 nitrogen and oxygen atoms in total. The van der Waals surface area contributed by atoms with Crippen LogP contribution in [0.1, 0.15) is 20.3 Å². The summed E-state index contributed by atoms with van der Waals surface area (Å²) in [5, 5.41) is 11.7. The van der Waals surface area contributed by atoms with Gasteiger partial charge < -0.3 is 10.1 Å². The van der Waals surface area contributed by atoms with Gasteiger partial charge in [-0.3, -0.25) is 0 Å². The van der Waals surface area contributed by atoms with Crippen molar-refractivity contribution in [3.05, 3.63) is 0 Å². The van der Waals surface area contributed by atoms with Crippen LogP contribution in [0.25, 0.3) is 0 Å². The van der Waals surface area contributed by atoms with E-state index in [0.717, 1.165) is 13.2 Å². The Bertz CT molecular complexity index is 142. The van der Waals surface area contributed by atoms with Gasteiger partial charge in [-0.2, -0.15) is 5.26 Å². The van der Waals surface area contributed by atoms with Crippen LogP contribution in [0.5, 0.6) is 0 Å². The van der Waals surface area contributed by atoms with E-state index in [2.05, 4.69) is 18.3 Å². The van der Waals surface area contributed by atoms with Gasteiger partial charge in [0, 0.05) is 26.3 Å². The Kier molecular flexibility index (Phi) is 6.73. The second kappa shape index (κ2) is 7.08. The molecule has 0 aromatic carbocycles. The van der Waals surface area contributed by atoms with Crippen molar-refractivity contribution in [2.45, 2.75) is 26.3 Å². The molecule has 0 spiro atoms. The van der Waals surface area contributed by atoms with Crippen molar-refractivity contribution in [2.24, 2.45) is 5.92 Å². The van der Waals surface area contributed by atoms with Crippen LogP contribution in [-0.2, 0) is 4.74 Å². The zero-order chi connectivity index (χ0) is 9.40. The van der Waals surface area contributed by atoms with Crippen molar-refractivity contribution < 1.29 is 4.74 Å². The molecule has 1 N–H and O–H groups in total. The molecule has 0 fully saturated rings. The first-order valence-electron chi connectivity index (χ1n) is 4.30. The lowest BCUT2D eigenvalue weighted by Gasteiger charge is -2.14. The average molecular weight is 170 g/mol. The number of nitrogens with zero attached hydrogens (tertiary/aromatic N) is 1. The number of hydrogen-bond donors (Lipinski definition) is 1. The molecule has 0 saturated heterocycles. The molecule has 0 bridgehead atoms. The lowest BCUT2D eigenvalue weighted by atomic mass is 10.2. The quantitative estimate of drug-likeness (QED) is 0.650. The Labute approximate surface area is 74.7 Å². The topological polar surface area (TPSA) is 45.0 Å². The Morgan fingerprint density at radius 1 is 1.50 bits per heavy atom. The second-order valence-corrected chi connectivity index (χ2v) is 3.23. The van der Waals surface area contributed by atoms with Crippen LogP contribution < -0.4 is 5.32 Å². The summed E-state index contributed by atoms with van der Waals surface area (Å²) >= 11 is 0. The summed E-state index contributed by atoms with van der Waals surface area (Å²) in [6.45, 7) is 5.82. The fraction of sp³-hybridized carbons (Fsp3) is 0.889. The number of methoxy groups -OCH3 is 1. The minimum absolute atomic E-state index is 0.286. The normalized spacial score (nSPS) is 15.2. The summed E-state index contributed by atoms with van der Waals surface area (Å²) in [5.74, 6) is 0.510. The molecule has 0 aliphatic rings. The minimum atomic E-state index is 0.286. The standard InChI is InChI=1S/C9H18N2O/c1-8(7-12-3)6-11-9(2)4-5-10/h8-9,11H,4,6-7H2,1-3H3. The predicted molar refractivity (Wildman–Crippen MR) is 48.7 cm³/mol. The average Bonchev–Trinajstić information content (AvgIpc) is 2.02. The van der Waals surface area contributed by atoms with E-state index in [1.54, 1.807) is 7.11 Å². The van der Waals surface area contributed by atoms with Gasteiger partial charge in [-0.25, -0.2) is 0 Å². The van der Waals surface area contributed by atoms with E-state index in [1.165, 1.54) is 0 Å². The van der Waals surface area contributed by atoms with Crippen molar-refractivity contribution in [3.8, 4) is 6.07 Å². The van der Waals surface area contributed by atoms with Crippen LogP contribution >= 0.6 is 0 Å². The summed E-state index contributed by atoms with van der Waals surface area (Å²) in [7, 11) is 1.70. The van der Waals surface area contributed by atoms with E-state index in [0.29, 0.717) is 12.3 Å². The summed E-state index contributed by atoms with van der Waals surface area (Å²) in [6, 6.07) is 2.42. The molecule has 0 amide bonds. The van der Waals surface area contributed by atoms with Gasteiger partial charge >= 0.3 is 0 Å². The van der Waals surface area contributed by atoms with E-state index < -0.39 is 0 Å². The van der Waals surface area contributed by atoms with E-state index in [-0.39, 0.29) is 6.04 Å². The van der Waals surface area contributed by atoms with Gasteiger partial charge in [-0.05, 0) is 12.8 Å². The van der Waals surface area contributed by atoms with Gasteiger partial charge in [0.15, 0.2) is 0 Å². The van der Waals surface area contributed by atoms with Gasteiger partial charge in [0.1, 0.15) is 0 Å². The lowest BCUT2D eigenvalue weighted by molar-refractivity contribution is 0.157. The molecule has 0 radical (unpaired) electrons. The first kappa shape index (κ1) is 11.4. The van der Waals surface area contributed by atoms with E-state index >= 15 is 0 Å². The first-order chi connectivity index (χ1) is 5.70. The highest BCUT2D eigenvalue weighted by Crippen LogP contribution is 1.95. The van der Waals surface area contributed by atoms with Crippen molar-refractivity contribution >= 4 is 0 Å². The Morgan fingerprint density at radius 3 is 2.67 bits per heavy atom. The molecule has 0 aliphatic carbocycles. The van der Waals surface area contributed by atoms with E-state index in [4.69, 9.17) is 10.00 Å². The maximum absolute atomic E-state index is 8.39. The Balaban J connectivity index is 3.34. The van der Waals surface area contributed by atoms with Crippen LogP contribution in [0.2, 0.25) is 0 Å². The third-order valence-corrected chi connectivity index (χ3v) is 1.66. The van der Waals surface area contributed by atoms with Crippen LogP contribution in [0, 0.1) is 17.2 Å². The zero-order valence-corrected chi connectivity index (χ0v) is 8.13. The predicted octanol–water partition coefficient (Wildman–Crippen LogP) is 1.16. The van der Waals surface area contributed by atoms with Crippen LogP contribution in [0.3, 0.4) is 0 Å². The van der Waals surface area contributed by atoms with Gasteiger partial charge in [-0.15, -0.1) is 0 Å². The highest BCUT2D eigenvalue weighted by Gasteiger charge is 2.04. The number of rotatable bonds is 6. The number of nitriles is 1.